The molecule has 2 rings (SSSR count). The van der Waals surface area contributed by atoms with Crippen LogP contribution in [-0.4, -0.2) is 6.03 Å². The summed E-state index contributed by atoms with van der Waals surface area (Å²) in [5.74, 6) is 0. The third kappa shape index (κ3) is 3.20. The molecule has 2 aromatic rings. The number of benzene rings is 2. The summed E-state index contributed by atoms with van der Waals surface area (Å²) in [4.78, 5) is 11.9. The molecular formula is C15H18N4O. The highest BCUT2D eigenvalue weighted by atomic mass is 16.2. The van der Waals surface area contributed by atoms with Gasteiger partial charge in [-0.05, 0) is 43.7 Å². The van der Waals surface area contributed by atoms with Gasteiger partial charge in [-0.1, -0.05) is 17.7 Å². The van der Waals surface area contributed by atoms with Crippen LogP contribution in [0.25, 0.3) is 0 Å². The van der Waals surface area contributed by atoms with Gasteiger partial charge >= 0.3 is 6.03 Å². The highest BCUT2D eigenvalue weighted by molar-refractivity contribution is 6.00. The second-order valence-electron chi connectivity index (χ2n) is 4.74. The predicted octanol–water partition coefficient (Wildman–Crippen LogP) is 3.11. The Morgan fingerprint density at radius 1 is 0.950 bits per heavy atom. The summed E-state index contributed by atoms with van der Waals surface area (Å²) >= 11 is 0. The maximum atomic E-state index is 11.9. The van der Waals surface area contributed by atoms with Crippen molar-refractivity contribution in [1.82, 2.24) is 0 Å². The fourth-order valence-electron chi connectivity index (χ4n) is 1.89. The van der Waals surface area contributed by atoms with Gasteiger partial charge in [0.15, 0.2) is 0 Å². The molecule has 0 heterocycles. The van der Waals surface area contributed by atoms with Gasteiger partial charge in [0.25, 0.3) is 0 Å². The van der Waals surface area contributed by atoms with Crippen molar-refractivity contribution in [3.8, 4) is 0 Å². The zero-order valence-electron chi connectivity index (χ0n) is 11.5. The number of aryl methyl sites for hydroxylation is 2. The third-order valence-corrected chi connectivity index (χ3v) is 2.97. The van der Waals surface area contributed by atoms with Gasteiger partial charge in [0.05, 0.1) is 11.4 Å². The average molecular weight is 270 g/mol. The monoisotopic (exact) mass is 270 g/mol. The number of carbonyl (C=O) groups excluding carboxylic acids is 1. The number of rotatable bonds is 2. The molecule has 0 aliphatic carbocycles. The number of nitrogens with one attached hydrogen (secondary N) is 2. The summed E-state index contributed by atoms with van der Waals surface area (Å²) in [6.45, 7) is 3.96. The Morgan fingerprint density at radius 3 is 2.35 bits per heavy atom. The van der Waals surface area contributed by atoms with Crippen molar-refractivity contribution in [2.45, 2.75) is 13.8 Å². The Kier molecular flexibility index (Phi) is 3.79. The van der Waals surface area contributed by atoms with Gasteiger partial charge in [-0.3, -0.25) is 0 Å². The number of carbonyl (C=O) groups is 1. The standard InChI is InChI=1S/C15H18N4O/c1-9-3-6-14(10(2)7-9)19-15(20)18-11-4-5-12(16)13(17)8-11/h3-8H,16-17H2,1-2H3,(H2,18,19,20). The van der Waals surface area contributed by atoms with E-state index in [1.807, 2.05) is 32.0 Å². The number of hydrogen-bond donors (Lipinski definition) is 4. The second kappa shape index (κ2) is 5.52. The van der Waals surface area contributed by atoms with Crippen LogP contribution in [0.1, 0.15) is 11.1 Å². The Hall–Kier alpha value is -2.69. The van der Waals surface area contributed by atoms with Gasteiger partial charge in [0.2, 0.25) is 0 Å². The average Bonchev–Trinajstić information content (AvgIpc) is 2.37. The summed E-state index contributed by atoms with van der Waals surface area (Å²) < 4.78 is 0. The van der Waals surface area contributed by atoms with E-state index in [9.17, 15) is 4.79 Å². The summed E-state index contributed by atoms with van der Waals surface area (Å²) in [5.41, 5.74) is 15.8. The van der Waals surface area contributed by atoms with Gasteiger partial charge in [-0.25, -0.2) is 4.79 Å². The van der Waals surface area contributed by atoms with Crippen LogP contribution in [0.15, 0.2) is 36.4 Å². The SMILES string of the molecule is Cc1ccc(NC(=O)Nc2ccc(N)c(N)c2)c(C)c1. The molecule has 0 saturated heterocycles. The van der Waals surface area contributed by atoms with Crippen molar-refractivity contribution in [2.24, 2.45) is 0 Å². The zero-order chi connectivity index (χ0) is 14.7. The van der Waals surface area contributed by atoms with E-state index in [1.54, 1.807) is 18.2 Å². The van der Waals surface area contributed by atoms with Crippen molar-refractivity contribution < 1.29 is 4.79 Å². The minimum Gasteiger partial charge on any atom is -0.397 e. The largest absolute Gasteiger partial charge is 0.397 e. The summed E-state index contributed by atoms with van der Waals surface area (Å²) in [6.07, 6.45) is 0. The number of nitrogens with two attached hydrogens (primary N) is 2. The number of amides is 2. The number of anilines is 4. The molecule has 0 fully saturated rings. The first-order chi connectivity index (χ1) is 9.45. The van der Waals surface area contributed by atoms with E-state index in [0.717, 1.165) is 16.8 Å². The van der Waals surface area contributed by atoms with Crippen LogP contribution in [-0.2, 0) is 0 Å². The highest BCUT2D eigenvalue weighted by Crippen LogP contribution is 2.20. The van der Waals surface area contributed by atoms with E-state index in [0.29, 0.717) is 17.1 Å². The molecule has 20 heavy (non-hydrogen) atoms. The van der Waals surface area contributed by atoms with E-state index in [1.165, 1.54) is 0 Å². The van der Waals surface area contributed by atoms with Crippen molar-refractivity contribution in [1.29, 1.82) is 0 Å². The first-order valence-electron chi connectivity index (χ1n) is 6.26. The summed E-state index contributed by atoms with van der Waals surface area (Å²) in [5, 5.41) is 5.51. The van der Waals surface area contributed by atoms with Gasteiger partial charge in [0, 0.05) is 11.4 Å². The number of nitrogen functional groups attached to an aromatic ring is 2. The Morgan fingerprint density at radius 2 is 1.70 bits per heavy atom. The first kappa shape index (κ1) is 13.7. The van der Waals surface area contributed by atoms with Gasteiger partial charge in [0.1, 0.15) is 0 Å². The molecule has 0 spiro atoms. The van der Waals surface area contributed by atoms with E-state index in [2.05, 4.69) is 10.6 Å². The van der Waals surface area contributed by atoms with E-state index >= 15 is 0 Å². The molecule has 5 nitrogen and oxygen atoms in total. The van der Waals surface area contributed by atoms with Crippen molar-refractivity contribution in [3.05, 3.63) is 47.5 Å². The molecule has 104 valence electrons. The molecule has 2 aromatic carbocycles. The maximum absolute atomic E-state index is 11.9. The Bertz CT molecular complexity index is 652. The number of urea groups is 1. The molecule has 0 aromatic heterocycles. The van der Waals surface area contributed by atoms with E-state index in [4.69, 9.17) is 11.5 Å². The second-order valence-corrected chi connectivity index (χ2v) is 4.74. The fourth-order valence-corrected chi connectivity index (χ4v) is 1.89. The maximum Gasteiger partial charge on any atom is 0.323 e. The van der Waals surface area contributed by atoms with E-state index in [-0.39, 0.29) is 6.03 Å². The molecule has 0 aliphatic heterocycles. The first-order valence-corrected chi connectivity index (χ1v) is 6.26. The van der Waals surface area contributed by atoms with Gasteiger partial charge in [-0.2, -0.15) is 0 Å². The van der Waals surface area contributed by atoms with Crippen molar-refractivity contribution >= 4 is 28.8 Å². The lowest BCUT2D eigenvalue weighted by atomic mass is 10.1. The van der Waals surface area contributed by atoms with Crippen LogP contribution in [0, 0.1) is 13.8 Å². The minimum atomic E-state index is -0.318. The van der Waals surface area contributed by atoms with Crippen molar-refractivity contribution in [3.63, 3.8) is 0 Å². The minimum absolute atomic E-state index is 0.318. The number of hydrogen-bond acceptors (Lipinski definition) is 3. The molecule has 0 unspecified atom stereocenters. The van der Waals surface area contributed by atoms with Gasteiger partial charge < -0.3 is 22.1 Å². The van der Waals surface area contributed by atoms with Crippen LogP contribution in [0.3, 0.4) is 0 Å². The summed E-state index contributed by atoms with van der Waals surface area (Å²) in [6, 6.07) is 10.5. The molecule has 0 bridgehead atoms. The quantitative estimate of drug-likeness (QED) is 0.632. The molecule has 0 atom stereocenters. The molecule has 2 amide bonds. The van der Waals surface area contributed by atoms with E-state index < -0.39 is 0 Å². The van der Waals surface area contributed by atoms with Crippen LogP contribution in [0.4, 0.5) is 27.5 Å². The van der Waals surface area contributed by atoms with Crippen LogP contribution < -0.4 is 22.1 Å². The third-order valence-electron chi connectivity index (χ3n) is 2.97. The fraction of sp³-hybridized carbons (Fsp3) is 0.133. The molecule has 0 radical (unpaired) electrons. The normalized spacial score (nSPS) is 10.1. The van der Waals surface area contributed by atoms with Crippen molar-refractivity contribution in [2.75, 3.05) is 22.1 Å². The predicted molar refractivity (Wildman–Crippen MR) is 83.8 cm³/mol. The molecule has 0 aliphatic rings. The van der Waals surface area contributed by atoms with Gasteiger partial charge in [-0.15, -0.1) is 0 Å². The lowest BCUT2D eigenvalue weighted by molar-refractivity contribution is 0.262. The molecule has 5 heteroatoms. The van der Waals surface area contributed by atoms with Crippen LogP contribution >= 0.6 is 0 Å². The molecule has 0 saturated carbocycles. The highest BCUT2D eigenvalue weighted by Gasteiger charge is 2.06. The Labute approximate surface area is 118 Å². The lowest BCUT2D eigenvalue weighted by Gasteiger charge is -2.11. The molecule has 6 N–H and O–H groups in total. The topological polar surface area (TPSA) is 93.2 Å². The van der Waals surface area contributed by atoms with Crippen LogP contribution in [0.5, 0.6) is 0 Å². The zero-order valence-corrected chi connectivity index (χ0v) is 11.5. The van der Waals surface area contributed by atoms with Crippen LogP contribution in [0.2, 0.25) is 0 Å². The smallest absolute Gasteiger partial charge is 0.323 e. The molecular weight excluding hydrogens is 252 g/mol. The lowest BCUT2D eigenvalue weighted by Crippen LogP contribution is -2.20. The summed E-state index contributed by atoms with van der Waals surface area (Å²) in [7, 11) is 0. The Balaban J connectivity index is 2.07.